The van der Waals surface area contributed by atoms with Gasteiger partial charge in [0.05, 0.1) is 11.5 Å². The van der Waals surface area contributed by atoms with E-state index < -0.39 is 8.32 Å². The van der Waals surface area contributed by atoms with Crippen molar-refractivity contribution in [1.82, 2.24) is 0 Å². The van der Waals surface area contributed by atoms with E-state index in [-0.39, 0.29) is 22.0 Å². The first kappa shape index (κ1) is 17.9. The van der Waals surface area contributed by atoms with Crippen LogP contribution in [-0.2, 0) is 9.22 Å². The van der Waals surface area contributed by atoms with E-state index in [9.17, 15) is 4.79 Å². The van der Waals surface area contributed by atoms with Gasteiger partial charge >= 0.3 is 0 Å². The minimum atomic E-state index is -1.85. The molecule has 0 unspecified atom stereocenters. The van der Waals surface area contributed by atoms with Crippen molar-refractivity contribution in [2.45, 2.75) is 91.5 Å². The molecule has 1 spiro atoms. The largest absolute Gasteiger partial charge is 0.413 e. The first-order chi connectivity index (χ1) is 9.79. The molecule has 2 aliphatic rings. The average Bonchev–Trinajstić information content (AvgIpc) is 2.53. The van der Waals surface area contributed by atoms with Crippen molar-refractivity contribution >= 4 is 14.1 Å². The lowest BCUT2D eigenvalue weighted by molar-refractivity contribution is -0.131. The quantitative estimate of drug-likeness (QED) is 0.496. The Kier molecular flexibility index (Phi) is 4.32. The Morgan fingerprint density at radius 3 is 2.36 bits per heavy atom. The Morgan fingerprint density at radius 2 is 1.86 bits per heavy atom. The highest BCUT2D eigenvalue weighted by Crippen LogP contribution is 2.54. The maximum atomic E-state index is 12.8. The Bertz CT molecular complexity index is 496. The van der Waals surface area contributed by atoms with E-state index in [0.29, 0.717) is 12.2 Å². The van der Waals surface area contributed by atoms with Gasteiger partial charge in [-0.15, -0.1) is 0 Å². The van der Waals surface area contributed by atoms with Gasteiger partial charge in [0.25, 0.3) is 0 Å². The molecule has 2 aliphatic carbocycles. The van der Waals surface area contributed by atoms with Crippen LogP contribution in [0.1, 0.15) is 67.2 Å². The monoisotopic (exact) mass is 322 g/mol. The number of Topliss-reactive ketones (excluding diaryl/α,β-unsaturated/α-hetero) is 1. The zero-order valence-corrected chi connectivity index (χ0v) is 16.8. The summed E-state index contributed by atoms with van der Waals surface area (Å²) < 4.78 is 6.76. The number of rotatable bonds is 2. The number of carbonyl (C=O) groups excluding carboxylic acids is 1. The van der Waals surface area contributed by atoms with E-state index in [1.165, 1.54) is 5.57 Å². The second kappa shape index (κ2) is 5.30. The fraction of sp³-hybridized carbons (Fsp3) is 0.842. The predicted molar refractivity (Wildman–Crippen MR) is 95.5 cm³/mol. The molecule has 3 heteroatoms. The normalized spacial score (nSPS) is 32.5. The van der Waals surface area contributed by atoms with Gasteiger partial charge in [-0.3, -0.25) is 4.79 Å². The third-order valence-corrected chi connectivity index (χ3v) is 10.5. The van der Waals surface area contributed by atoms with Gasteiger partial charge in [0.15, 0.2) is 8.32 Å². The molecule has 1 saturated carbocycles. The lowest BCUT2D eigenvalue weighted by Gasteiger charge is -2.47. The van der Waals surface area contributed by atoms with Gasteiger partial charge in [-0.2, -0.15) is 0 Å². The van der Waals surface area contributed by atoms with Gasteiger partial charge in [-0.1, -0.05) is 46.3 Å². The van der Waals surface area contributed by atoms with Gasteiger partial charge in [-0.05, 0) is 49.7 Å². The van der Waals surface area contributed by atoms with Crippen molar-refractivity contribution in [2.24, 2.45) is 10.8 Å². The van der Waals surface area contributed by atoms with Crippen molar-refractivity contribution in [3.05, 3.63) is 11.6 Å². The molecule has 0 amide bonds. The average molecular weight is 323 g/mol. The summed E-state index contributed by atoms with van der Waals surface area (Å²) in [6.45, 7) is 18.1. The van der Waals surface area contributed by atoms with Crippen LogP contribution >= 0.6 is 0 Å². The molecule has 0 saturated heterocycles. The summed E-state index contributed by atoms with van der Waals surface area (Å²) in [6.07, 6.45) is 5.91. The second-order valence-corrected chi connectivity index (χ2v) is 14.6. The van der Waals surface area contributed by atoms with E-state index in [1.54, 1.807) is 0 Å². The molecule has 2 rings (SSSR count). The van der Waals surface area contributed by atoms with Gasteiger partial charge in [0.2, 0.25) is 0 Å². The molecule has 2 atom stereocenters. The first-order valence-electron chi connectivity index (χ1n) is 8.69. The summed E-state index contributed by atoms with van der Waals surface area (Å²) in [7, 11) is -1.85. The van der Waals surface area contributed by atoms with Crippen molar-refractivity contribution in [3.8, 4) is 0 Å². The van der Waals surface area contributed by atoms with Gasteiger partial charge in [0.1, 0.15) is 5.78 Å². The third-order valence-electron chi connectivity index (χ3n) is 6.05. The highest BCUT2D eigenvalue weighted by molar-refractivity contribution is 6.74. The van der Waals surface area contributed by atoms with Crippen molar-refractivity contribution < 1.29 is 9.22 Å². The maximum Gasteiger partial charge on any atom is 0.192 e. The van der Waals surface area contributed by atoms with E-state index in [0.717, 1.165) is 19.3 Å². The predicted octanol–water partition coefficient (Wildman–Crippen LogP) is 5.49. The summed E-state index contributed by atoms with van der Waals surface area (Å²) in [5, 5.41) is 0.189. The maximum absolute atomic E-state index is 12.8. The zero-order chi connectivity index (χ0) is 17.0. The summed E-state index contributed by atoms with van der Waals surface area (Å²) >= 11 is 0. The van der Waals surface area contributed by atoms with Crippen LogP contribution in [0.2, 0.25) is 18.1 Å². The summed E-state index contributed by atoms with van der Waals surface area (Å²) in [5.74, 6) is 0.441. The van der Waals surface area contributed by atoms with Crippen LogP contribution in [0.3, 0.4) is 0 Å². The molecule has 1 fully saturated rings. The van der Waals surface area contributed by atoms with Crippen molar-refractivity contribution in [3.63, 3.8) is 0 Å². The number of hydrogen-bond acceptors (Lipinski definition) is 2. The molecule has 0 aromatic heterocycles. The van der Waals surface area contributed by atoms with E-state index >= 15 is 0 Å². The van der Waals surface area contributed by atoms with E-state index in [1.807, 2.05) is 0 Å². The molecule has 0 N–H and O–H groups in total. The van der Waals surface area contributed by atoms with Crippen molar-refractivity contribution in [2.75, 3.05) is 0 Å². The van der Waals surface area contributed by atoms with Crippen LogP contribution < -0.4 is 0 Å². The minimum absolute atomic E-state index is 0.0946. The number of carbonyl (C=O) groups is 1. The van der Waals surface area contributed by atoms with Crippen LogP contribution in [0.15, 0.2) is 11.6 Å². The summed E-state index contributed by atoms with van der Waals surface area (Å²) in [6, 6.07) is 0. The number of hydrogen-bond donors (Lipinski definition) is 0. The molecule has 0 heterocycles. The Labute approximate surface area is 137 Å². The summed E-state index contributed by atoms with van der Waals surface area (Å²) in [5.41, 5.74) is 1.19. The smallest absolute Gasteiger partial charge is 0.192 e. The first-order valence-corrected chi connectivity index (χ1v) is 11.6. The van der Waals surface area contributed by atoms with Gasteiger partial charge in [-0.25, -0.2) is 0 Å². The van der Waals surface area contributed by atoms with Crippen LogP contribution in [0.5, 0.6) is 0 Å². The molecule has 2 nitrogen and oxygen atoms in total. The molecule has 126 valence electrons. The van der Waals surface area contributed by atoms with Crippen molar-refractivity contribution in [1.29, 1.82) is 0 Å². The Morgan fingerprint density at radius 1 is 1.27 bits per heavy atom. The molecule has 0 radical (unpaired) electrons. The topological polar surface area (TPSA) is 26.3 Å². The van der Waals surface area contributed by atoms with Crippen LogP contribution in [0.4, 0.5) is 0 Å². The third kappa shape index (κ3) is 3.12. The van der Waals surface area contributed by atoms with E-state index in [4.69, 9.17) is 4.43 Å². The molecule has 0 aliphatic heterocycles. The highest BCUT2D eigenvalue weighted by atomic mass is 28.4. The standard InChI is InChI=1S/C19H34O2Si/c1-14-11-18(5,6)13-19(12-14)15(20)9-10-16(19)21-22(7,8)17(2,3)4/h11,16H,9-10,12-13H2,1-8H3/t16-,19+/m1/s1. The summed E-state index contributed by atoms with van der Waals surface area (Å²) in [4.78, 5) is 12.8. The minimum Gasteiger partial charge on any atom is -0.413 e. The van der Waals surface area contributed by atoms with Gasteiger partial charge < -0.3 is 4.43 Å². The SMILES string of the molecule is CC1=CC(C)(C)C[C@@]2(C1)C(=O)CC[C@H]2O[Si](C)(C)C(C)(C)C. The lowest BCUT2D eigenvalue weighted by atomic mass is 9.63. The van der Waals surface area contributed by atoms with Crippen LogP contribution in [-0.4, -0.2) is 20.2 Å². The Hall–Kier alpha value is -0.413. The zero-order valence-electron chi connectivity index (χ0n) is 15.8. The molecule has 22 heavy (non-hydrogen) atoms. The van der Waals surface area contributed by atoms with E-state index in [2.05, 4.69) is 60.7 Å². The highest BCUT2D eigenvalue weighted by Gasteiger charge is 2.56. The fourth-order valence-corrected chi connectivity index (χ4v) is 5.65. The fourth-order valence-electron chi connectivity index (χ4n) is 4.24. The molecule has 0 aromatic rings. The van der Waals surface area contributed by atoms with Crippen LogP contribution in [0.25, 0.3) is 0 Å². The van der Waals surface area contributed by atoms with Crippen LogP contribution in [0, 0.1) is 10.8 Å². The molecule has 0 bridgehead atoms. The number of allylic oxidation sites excluding steroid dienone is 2. The molecular weight excluding hydrogens is 288 g/mol. The second-order valence-electron chi connectivity index (χ2n) is 9.82. The molecule has 0 aromatic carbocycles. The lowest BCUT2D eigenvalue weighted by Crippen LogP contribution is -2.51. The van der Waals surface area contributed by atoms with Gasteiger partial charge in [0, 0.05) is 6.42 Å². The number of ketones is 1. The molecular formula is C19H34O2Si. The Balaban J connectivity index is 2.34.